The second kappa shape index (κ2) is 10.5. The Balaban J connectivity index is 0.00000338. The van der Waals surface area contributed by atoms with E-state index in [2.05, 4.69) is 30.5 Å². The van der Waals surface area contributed by atoms with E-state index in [9.17, 15) is 9.59 Å². The van der Waals surface area contributed by atoms with Crippen LogP contribution in [0.3, 0.4) is 0 Å². The maximum Gasteiger partial charge on any atom is 0.253 e. The molecule has 1 aliphatic heterocycles. The van der Waals surface area contributed by atoms with Crippen molar-refractivity contribution in [3.63, 3.8) is 0 Å². The van der Waals surface area contributed by atoms with Crippen LogP contribution in [0.25, 0.3) is 0 Å². The van der Waals surface area contributed by atoms with E-state index < -0.39 is 0 Å². The summed E-state index contributed by atoms with van der Waals surface area (Å²) in [6, 6.07) is 6.17. The first-order chi connectivity index (χ1) is 11.9. The van der Waals surface area contributed by atoms with Crippen LogP contribution in [0.1, 0.15) is 48.2 Å². The van der Waals surface area contributed by atoms with Gasteiger partial charge in [0.1, 0.15) is 0 Å². The van der Waals surface area contributed by atoms with Crippen LogP contribution in [0.5, 0.6) is 0 Å². The first kappa shape index (κ1) is 22.5. The van der Waals surface area contributed by atoms with Gasteiger partial charge < -0.3 is 15.5 Å². The highest BCUT2D eigenvalue weighted by Crippen LogP contribution is 2.20. The highest BCUT2D eigenvalue weighted by Gasteiger charge is 2.29. The van der Waals surface area contributed by atoms with Crippen LogP contribution >= 0.6 is 12.4 Å². The lowest BCUT2D eigenvalue weighted by atomic mass is 9.96. The third-order valence-corrected chi connectivity index (χ3v) is 4.68. The van der Waals surface area contributed by atoms with Crippen molar-refractivity contribution in [2.45, 2.75) is 46.6 Å². The van der Waals surface area contributed by atoms with Gasteiger partial charge in [0.05, 0.1) is 5.92 Å². The smallest absolute Gasteiger partial charge is 0.253 e. The predicted molar refractivity (Wildman–Crippen MR) is 108 cm³/mol. The molecule has 1 aromatic rings. The van der Waals surface area contributed by atoms with Crippen molar-refractivity contribution in [1.82, 2.24) is 15.5 Å². The van der Waals surface area contributed by atoms with Gasteiger partial charge in [0.2, 0.25) is 5.91 Å². The molecule has 0 bridgehead atoms. The number of carbonyl (C=O) groups is 2. The number of aryl methyl sites for hydroxylation is 2. The van der Waals surface area contributed by atoms with Crippen LogP contribution in [-0.4, -0.2) is 48.9 Å². The number of likely N-dealkylation sites (N-methyl/N-ethyl adjacent to an activating group) is 1. The molecule has 2 amide bonds. The minimum atomic E-state index is -0.113. The molecular weight excluding hydrogens is 350 g/mol. The number of amides is 2. The molecule has 0 radical (unpaired) electrons. The molecule has 0 spiro atoms. The molecule has 1 heterocycles. The van der Waals surface area contributed by atoms with Gasteiger partial charge in [-0.05, 0) is 52.3 Å². The highest BCUT2D eigenvalue weighted by atomic mass is 35.5. The molecule has 1 aliphatic rings. The molecule has 1 fully saturated rings. The van der Waals surface area contributed by atoms with Crippen molar-refractivity contribution in [3.05, 3.63) is 34.9 Å². The molecule has 2 rings (SSSR count). The van der Waals surface area contributed by atoms with Crippen molar-refractivity contribution in [2.75, 3.05) is 26.2 Å². The van der Waals surface area contributed by atoms with Gasteiger partial charge in [-0.25, -0.2) is 0 Å². The van der Waals surface area contributed by atoms with E-state index in [4.69, 9.17) is 0 Å². The summed E-state index contributed by atoms with van der Waals surface area (Å²) in [5, 5.41) is 6.30. The zero-order valence-electron chi connectivity index (χ0n) is 16.3. The second-order valence-electron chi connectivity index (χ2n) is 7.17. The summed E-state index contributed by atoms with van der Waals surface area (Å²) in [7, 11) is 0. The fraction of sp³-hybridized carbons (Fsp3) is 0.600. The average Bonchev–Trinajstić information content (AvgIpc) is 2.58. The van der Waals surface area contributed by atoms with E-state index in [0.29, 0.717) is 13.1 Å². The van der Waals surface area contributed by atoms with Crippen molar-refractivity contribution >= 4 is 24.2 Å². The molecule has 2 atom stereocenters. The summed E-state index contributed by atoms with van der Waals surface area (Å²) in [5.41, 5.74) is 2.90. The number of piperidine rings is 1. The van der Waals surface area contributed by atoms with Gasteiger partial charge in [0, 0.05) is 31.2 Å². The van der Waals surface area contributed by atoms with Crippen molar-refractivity contribution in [3.8, 4) is 0 Å². The van der Waals surface area contributed by atoms with Crippen LogP contribution in [0.4, 0.5) is 0 Å². The van der Waals surface area contributed by atoms with Gasteiger partial charge in [0.25, 0.3) is 5.91 Å². The lowest BCUT2D eigenvalue weighted by molar-refractivity contribution is -0.126. The molecule has 2 N–H and O–H groups in total. The normalized spacial score (nSPS) is 18.0. The second-order valence-corrected chi connectivity index (χ2v) is 7.17. The van der Waals surface area contributed by atoms with E-state index in [1.54, 1.807) is 0 Å². The molecule has 1 saturated heterocycles. The summed E-state index contributed by atoms with van der Waals surface area (Å²) in [5.74, 6) is -0.0228. The van der Waals surface area contributed by atoms with Gasteiger partial charge in [-0.2, -0.15) is 0 Å². The summed E-state index contributed by atoms with van der Waals surface area (Å²) in [4.78, 5) is 27.1. The molecule has 1 unspecified atom stereocenters. The Kier molecular flexibility index (Phi) is 9.09. The number of likely N-dealkylation sites (tertiary alicyclic amines) is 1. The first-order valence-electron chi connectivity index (χ1n) is 9.29. The maximum absolute atomic E-state index is 12.8. The lowest BCUT2D eigenvalue weighted by Gasteiger charge is -2.32. The highest BCUT2D eigenvalue weighted by molar-refractivity contribution is 5.95. The number of nitrogens with zero attached hydrogens (tertiary/aromatic N) is 1. The Morgan fingerprint density at radius 1 is 1.23 bits per heavy atom. The van der Waals surface area contributed by atoms with Crippen molar-refractivity contribution < 1.29 is 9.59 Å². The van der Waals surface area contributed by atoms with Crippen LogP contribution in [0.15, 0.2) is 18.2 Å². The standard InChI is InChI=1S/C20H31N3O2.ClH/c1-5-21-16(4)12-22-19(24)17-7-6-8-23(13-17)20(25)18-10-14(2)9-15(3)11-18;/h9-11,16-17,21H,5-8,12-13H2,1-4H3,(H,22,24);1H/t16-,17?;/m1./s1. The molecule has 6 heteroatoms. The fourth-order valence-corrected chi connectivity index (χ4v) is 3.47. The maximum atomic E-state index is 12.8. The third kappa shape index (κ3) is 6.29. The molecule has 26 heavy (non-hydrogen) atoms. The Morgan fingerprint density at radius 2 is 1.88 bits per heavy atom. The summed E-state index contributed by atoms with van der Waals surface area (Å²) in [6.45, 7) is 10.9. The van der Waals surface area contributed by atoms with E-state index in [0.717, 1.165) is 42.6 Å². The van der Waals surface area contributed by atoms with Crippen LogP contribution in [0, 0.1) is 19.8 Å². The molecule has 0 aromatic heterocycles. The van der Waals surface area contributed by atoms with Crippen LogP contribution < -0.4 is 10.6 Å². The number of nitrogens with one attached hydrogen (secondary N) is 2. The molecule has 5 nitrogen and oxygen atoms in total. The Hall–Kier alpha value is -1.59. The number of rotatable bonds is 6. The molecule has 1 aromatic carbocycles. The average molecular weight is 382 g/mol. The Bertz CT molecular complexity index is 601. The molecular formula is C20H32ClN3O2. The number of carbonyl (C=O) groups excluding carboxylic acids is 2. The zero-order valence-corrected chi connectivity index (χ0v) is 17.1. The summed E-state index contributed by atoms with van der Waals surface area (Å²) in [6.07, 6.45) is 1.72. The van der Waals surface area contributed by atoms with E-state index in [-0.39, 0.29) is 36.2 Å². The monoisotopic (exact) mass is 381 g/mol. The summed E-state index contributed by atoms with van der Waals surface area (Å²) < 4.78 is 0. The van der Waals surface area contributed by atoms with Crippen LogP contribution in [0.2, 0.25) is 0 Å². The van der Waals surface area contributed by atoms with Gasteiger partial charge in [-0.15, -0.1) is 12.4 Å². The predicted octanol–water partition coefficient (Wildman–Crippen LogP) is 2.69. The van der Waals surface area contributed by atoms with E-state index >= 15 is 0 Å². The largest absolute Gasteiger partial charge is 0.354 e. The number of hydrogen-bond donors (Lipinski definition) is 2. The van der Waals surface area contributed by atoms with E-state index in [1.165, 1.54) is 0 Å². The fourth-order valence-electron chi connectivity index (χ4n) is 3.47. The third-order valence-electron chi connectivity index (χ3n) is 4.68. The van der Waals surface area contributed by atoms with Crippen molar-refractivity contribution in [1.29, 1.82) is 0 Å². The minimum absolute atomic E-state index is 0. The number of halogens is 1. The molecule has 0 saturated carbocycles. The van der Waals surface area contributed by atoms with Crippen LogP contribution in [-0.2, 0) is 4.79 Å². The topological polar surface area (TPSA) is 61.4 Å². The quantitative estimate of drug-likeness (QED) is 0.796. The van der Waals surface area contributed by atoms with Crippen molar-refractivity contribution in [2.24, 2.45) is 5.92 Å². The first-order valence-corrected chi connectivity index (χ1v) is 9.29. The number of hydrogen-bond acceptors (Lipinski definition) is 3. The van der Waals surface area contributed by atoms with Gasteiger partial charge in [-0.3, -0.25) is 9.59 Å². The number of benzene rings is 1. The molecule has 146 valence electrons. The van der Waals surface area contributed by atoms with E-state index in [1.807, 2.05) is 30.9 Å². The van der Waals surface area contributed by atoms with Gasteiger partial charge in [-0.1, -0.05) is 24.1 Å². The Morgan fingerprint density at radius 3 is 2.50 bits per heavy atom. The minimum Gasteiger partial charge on any atom is -0.354 e. The van der Waals surface area contributed by atoms with Gasteiger partial charge >= 0.3 is 0 Å². The lowest BCUT2D eigenvalue weighted by Crippen LogP contribution is -2.47. The molecule has 0 aliphatic carbocycles. The Labute approximate surface area is 163 Å². The van der Waals surface area contributed by atoms with Gasteiger partial charge in [0.15, 0.2) is 0 Å². The SMILES string of the molecule is CCN[C@H](C)CNC(=O)C1CCCN(C(=O)c2cc(C)cc(C)c2)C1.Cl. The zero-order chi connectivity index (χ0) is 18.4. The summed E-state index contributed by atoms with van der Waals surface area (Å²) >= 11 is 0.